The lowest BCUT2D eigenvalue weighted by molar-refractivity contribution is -0.124. The van der Waals surface area contributed by atoms with Gasteiger partial charge in [0.05, 0.1) is 6.54 Å². The molecule has 11 heavy (non-hydrogen) atoms. The monoisotopic (exact) mass is 170 g/mol. The van der Waals surface area contributed by atoms with E-state index in [1.54, 1.807) is 0 Å². The summed E-state index contributed by atoms with van der Waals surface area (Å²) in [6.07, 6.45) is -4.09. The summed E-state index contributed by atoms with van der Waals surface area (Å²) >= 11 is 0. The van der Waals surface area contributed by atoms with Gasteiger partial charge in [0.1, 0.15) is 0 Å². The van der Waals surface area contributed by atoms with Crippen LogP contribution in [0.3, 0.4) is 0 Å². The van der Waals surface area contributed by atoms with E-state index >= 15 is 0 Å². The minimum absolute atomic E-state index is 0.368. The number of likely N-dealkylation sites (N-methyl/N-ethyl adjacent to an activating group) is 1. The predicted molar refractivity (Wildman–Crippen MR) is 37.5 cm³/mol. The maximum Gasteiger partial charge on any atom is 0.401 e. The lowest BCUT2D eigenvalue weighted by atomic mass is 10.5. The Hall–Kier alpha value is -0.290. The molecule has 0 heterocycles. The number of hydrogen-bond acceptors (Lipinski definition) is 2. The number of halogens is 3. The molecule has 0 aliphatic heterocycles. The Morgan fingerprint density at radius 2 is 1.82 bits per heavy atom. The van der Waals surface area contributed by atoms with E-state index in [0.717, 1.165) is 0 Å². The first-order valence-corrected chi connectivity index (χ1v) is 3.34. The molecule has 0 saturated carbocycles. The third-order valence-corrected chi connectivity index (χ3v) is 1.06. The van der Waals surface area contributed by atoms with Gasteiger partial charge in [-0.1, -0.05) is 0 Å². The Morgan fingerprint density at radius 3 is 2.18 bits per heavy atom. The molecule has 0 aromatic rings. The highest BCUT2D eigenvalue weighted by Crippen LogP contribution is 2.11. The second-order valence-electron chi connectivity index (χ2n) is 2.60. The quantitative estimate of drug-likeness (QED) is 0.625. The van der Waals surface area contributed by atoms with Crippen LogP contribution in [0.2, 0.25) is 0 Å². The van der Waals surface area contributed by atoms with Crippen molar-refractivity contribution in [2.75, 3.05) is 33.7 Å². The second kappa shape index (κ2) is 4.56. The number of hydrogen-bond donors (Lipinski definition) is 1. The Morgan fingerprint density at radius 1 is 1.27 bits per heavy atom. The van der Waals surface area contributed by atoms with E-state index < -0.39 is 12.7 Å². The Balaban J connectivity index is 3.15. The zero-order chi connectivity index (χ0) is 8.91. The second-order valence-corrected chi connectivity index (χ2v) is 2.60. The molecule has 0 aliphatic carbocycles. The summed E-state index contributed by atoms with van der Waals surface area (Å²) in [6.45, 7) is 0.0867. The summed E-state index contributed by atoms with van der Waals surface area (Å²) in [5, 5.41) is 2.29. The molecule has 5 heteroatoms. The predicted octanol–water partition coefficient (Wildman–Crippen LogP) is 0.700. The molecule has 0 spiro atoms. The number of alkyl halides is 3. The fourth-order valence-electron chi connectivity index (χ4n) is 0.533. The molecule has 0 rings (SSSR count). The highest BCUT2D eigenvalue weighted by molar-refractivity contribution is 4.56. The Labute approximate surface area is 64.4 Å². The van der Waals surface area contributed by atoms with Crippen LogP contribution in [-0.2, 0) is 0 Å². The molecule has 68 valence electrons. The van der Waals surface area contributed by atoms with E-state index in [1.807, 2.05) is 19.0 Å². The van der Waals surface area contributed by atoms with Gasteiger partial charge >= 0.3 is 6.18 Å². The molecule has 0 saturated heterocycles. The molecule has 0 bridgehead atoms. The van der Waals surface area contributed by atoms with Crippen LogP contribution in [0.5, 0.6) is 0 Å². The van der Waals surface area contributed by atoms with Crippen LogP contribution < -0.4 is 5.32 Å². The molecule has 0 aliphatic rings. The third kappa shape index (κ3) is 9.71. The van der Waals surface area contributed by atoms with Gasteiger partial charge in [-0.2, -0.15) is 13.2 Å². The van der Waals surface area contributed by atoms with E-state index in [1.165, 1.54) is 0 Å². The molecular formula is C6H13F3N2. The van der Waals surface area contributed by atoms with Crippen molar-refractivity contribution in [2.45, 2.75) is 6.18 Å². The molecule has 0 aromatic heterocycles. The van der Waals surface area contributed by atoms with Crippen molar-refractivity contribution in [3.8, 4) is 0 Å². The maximum atomic E-state index is 11.5. The first-order chi connectivity index (χ1) is 4.92. The average molecular weight is 170 g/mol. The topological polar surface area (TPSA) is 15.3 Å². The van der Waals surface area contributed by atoms with Crippen molar-refractivity contribution < 1.29 is 13.2 Å². The molecular weight excluding hydrogens is 157 g/mol. The fraction of sp³-hybridized carbons (Fsp3) is 1.00. The van der Waals surface area contributed by atoms with Crippen LogP contribution in [0, 0.1) is 0 Å². The van der Waals surface area contributed by atoms with E-state index in [9.17, 15) is 13.2 Å². The summed E-state index contributed by atoms with van der Waals surface area (Å²) in [5.74, 6) is 0. The van der Waals surface area contributed by atoms with Crippen molar-refractivity contribution in [1.82, 2.24) is 10.2 Å². The van der Waals surface area contributed by atoms with E-state index in [4.69, 9.17) is 0 Å². The lowest BCUT2D eigenvalue weighted by Crippen LogP contribution is -2.33. The van der Waals surface area contributed by atoms with Gasteiger partial charge in [0.2, 0.25) is 0 Å². The fourth-order valence-corrected chi connectivity index (χ4v) is 0.533. The van der Waals surface area contributed by atoms with Crippen molar-refractivity contribution in [2.24, 2.45) is 0 Å². The van der Waals surface area contributed by atoms with E-state index in [2.05, 4.69) is 5.32 Å². The van der Waals surface area contributed by atoms with E-state index in [0.29, 0.717) is 13.1 Å². The SMILES string of the molecule is CN(C)CCNCC(F)(F)F. The largest absolute Gasteiger partial charge is 0.401 e. The number of rotatable bonds is 4. The molecule has 1 N–H and O–H groups in total. The van der Waals surface area contributed by atoms with Gasteiger partial charge in [-0.3, -0.25) is 0 Å². The number of nitrogens with one attached hydrogen (secondary N) is 1. The molecule has 0 unspecified atom stereocenters. The maximum absolute atomic E-state index is 11.5. The first kappa shape index (κ1) is 10.7. The van der Waals surface area contributed by atoms with Gasteiger partial charge in [-0.15, -0.1) is 0 Å². The van der Waals surface area contributed by atoms with Gasteiger partial charge in [0.25, 0.3) is 0 Å². The normalized spacial score (nSPS) is 12.5. The van der Waals surface area contributed by atoms with Gasteiger partial charge in [-0.25, -0.2) is 0 Å². The average Bonchev–Trinajstić information content (AvgIpc) is 1.78. The van der Waals surface area contributed by atoms with Gasteiger partial charge < -0.3 is 10.2 Å². The minimum atomic E-state index is -4.09. The molecule has 0 radical (unpaired) electrons. The van der Waals surface area contributed by atoms with Gasteiger partial charge in [0.15, 0.2) is 0 Å². The molecule has 0 amide bonds. The van der Waals surface area contributed by atoms with Crippen molar-refractivity contribution in [3.05, 3.63) is 0 Å². The van der Waals surface area contributed by atoms with Crippen LogP contribution in [0.15, 0.2) is 0 Å². The van der Waals surface area contributed by atoms with Gasteiger partial charge in [-0.05, 0) is 14.1 Å². The van der Waals surface area contributed by atoms with Crippen molar-refractivity contribution in [1.29, 1.82) is 0 Å². The molecule has 0 aromatic carbocycles. The summed E-state index contributed by atoms with van der Waals surface area (Å²) in [5.41, 5.74) is 0. The highest BCUT2D eigenvalue weighted by atomic mass is 19.4. The zero-order valence-electron chi connectivity index (χ0n) is 6.70. The summed E-state index contributed by atoms with van der Waals surface area (Å²) in [6, 6.07) is 0. The lowest BCUT2D eigenvalue weighted by Gasteiger charge is -2.11. The number of nitrogens with zero attached hydrogens (tertiary/aromatic N) is 1. The first-order valence-electron chi connectivity index (χ1n) is 3.34. The highest BCUT2D eigenvalue weighted by Gasteiger charge is 2.25. The van der Waals surface area contributed by atoms with Crippen LogP contribution >= 0.6 is 0 Å². The Bertz CT molecular complexity index is 100. The van der Waals surface area contributed by atoms with E-state index in [-0.39, 0.29) is 0 Å². The standard InChI is InChI=1S/C6H13F3N2/c1-11(2)4-3-10-5-6(7,8)9/h10H,3-5H2,1-2H3. The Kier molecular flexibility index (Phi) is 4.44. The summed E-state index contributed by atoms with van der Waals surface area (Å²) < 4.78 is 34.5. The van der Waals surface area contributed by atoms with Crippen LogP contribution in [0.1, 0.15) is 0 Å². The van der Waals surface area contributed by atoms with Crippen LogP contribution in [0.25, 0.3) is 0 Å². The smallest absolute Gasteiger partial charge is 0.308 e. The summed E-state index contributed by atoms with van der Waals surface area (Å²) in [7, 11) is 3.63. The van der Waals surface area contributed by atoms with Crippen LogP contribution in [0.4, 0.5) is 13.2 Å². The molecule has 2 nitrogen and oxygen atoms in total. The molecule has 0 fully saturated rings. The van der Waals surface area contributed by atoms with Crippen LogP contribution in [-0.4, -0.2) is 44.8 Å². The third-order valence-electron chi connectivity index (χ3n) is 1.06. The summed E-state index contributed by atoms with van der Waals surface area (Å²) in [4.78, 5) is 1.82. The van der Waals surface area contributed by atoms with Crippen molar-refractivity contribution in [3.63, 3.8) is 0 Å². The van der Waals surface area contributed by atoms with Crippen molar-refractivity contribution >= 4 is 0 Å². The zero-order valence-corrected chi connectivity index (χ0v) is 6.70. The van der Waals surface area contributed by atoms with Gasteiger partial charge in [0, 0.05) is 13.1 Å². The minimum Gasteiger partial charge on any atom is -0.308 e. The molecule has 0 atom stereocenters.